The number of fused-ring (bicyclic) bond motifs is 1. The van der Waals surface area contributed by atoms with Gasteiger partial charge < -0.3 is 14.6 Å². The number of benzene rings is 1. The third-order valence-corrected chi connectivity index (χ3v) is 5.77. The standard InChI is InChI=1S/C23H26N4O3/c1-13-15(3)30-23-20(13)21(24-16(4)25-23)27-11-5-6-18(12-27)22(29)26-19-9-7-17(8-10-19)14(2)28/h7-10,18H,5-6,11-12H2,1-4H3,(H,26,29)/t18-/m1/s1. The van der Waals surface area contributed by atoms with E-state index in [0.717, 1.165) is 41.9 Å². The van der Waals surface area contributed by atoms with Gasteiger partial charge in [0.1, 0.15) is 17.4 Å². The van der Waals surface area contributed by atoms with Gasteiger partial charge in [0.05, 0.1) is 11.3 Å². The van der Waals surface area contributed by atoms with Gasteiger partial charge in [0.2, 0.25) is 11.6 Å². The van der Waals surface area contributed by atoms with E-state index < -0.39 is 0 Å². The van der Waals surface area contributed by atoms with Crippen molar-refractivity contribution in [3.63, 3.8) is 0 Å². The molecule has 1 atom stereocenters. The first-order chi connectivity index (χ1) is 14.3. The van der Waals surface area contributed by atoms with Gasteiger partial charge in [-0.05, 0) is 64.8 Å². The summed E-state index contributed by atoms with van der Waals surface area (Å²) in [6.07, 6.45) is 1.73. The third kappa shape index (κ3) is 3.79. The molecule has 1 amide bonds. The number of carbonyl (C=O) groups is 2. The van der Waals surface area contributed by atoms with Crippen LogP contribution < -0.4 is 10.2 Å². The highest BCUT2D eigenvalue weighted by Crippen LogP contribution is 2.33. The predicted octanol–water partition coefficient (Wildman–Crippen LogP) is 4.21. The van der Waals surface area contributed by atoms with Crippen molar-refractivity contribution in [1.29, 1.82) is 0 Å². The van der Waals surface area contributed by atoms with Crippen LogP contribution in [0.15, 0.2) is 28.7 Å². The zero-order chi connectivity index (χ0) is 21.4. The largest absolute Gasteiger partial charge is 0.443 e. The fourth-order valence-corrected chi connectivity index (χ4v) is 3.98. The maximum absolute atomic E-state index is 12.9. The van der Waals surface area contributed by atoms with Crippen LogP contribution in [0.4, 0.5) is 11.5 Å². The number of hydrogen-bond donors (Lipinski definition) is 1. The molecule has 0 radical (unpaired) electrons. The Morgan fingerprint density at radius 1 is 1.13 bits per heavy atom. The molecule has 1 aliphatic rings. The first kappa shape index (κ1) is 20.1. The fourth-order valence-electron chi connectivity index (χ4n) is 3.98. The molecule has 4 rings (SSSR count). The van der Waals surface area contributed by atoms with Crippen molar-refractivity contribution >= 4 is 34.3 Å². The van der Waals surface area contributed by atoms with Crippen LogP contribution >= 0.6 is 0 Å². The second-order valence-electron chi connectivity index (χ2n) is 7.97. The molecule has 1 aromatic carbocycles. The summed E-state index contributed by atoms with van der Waals surface area (Å²) in [5, 5.41) is 3.92. The van der Waals surface area contributed by atoms with E-state index in [2.05, 4.69) is 15.2 Å². The Morgan fingerprint density at radius 2 is 1.87 bits per heavy atom. The van der Waals surface area contributed by atoms with Gasteiger partial charge in [-0.25, -0.2) is 4.98 Å². The third-order valence-electron chi connectivity index (χ3n) is 5.77. The number of amides is 1. The van der Waals surface area contributed by atoms with Crippen LogP contribution in [0, 0.1) is 26.7 Å². The van der Waals surface area contributed by atoms with E-state index in [4.69, 9.17) is 9.40 Å². The lowest BCUT2D eigenvalue weighted by Crippen LogP contribution is -2.41. The number of ketones is 1. The molecular formula is C23H26N4O3. The number of piperidine rings is 1. The number of aromatic nitrogens is 2. The highest BCUT2D eigenvalue weighted by atomic mass is 16.3. The second-order valence-corrected chi connectivity index (χ2v) is 7.97. The molecule has 7 heteroatoms. The number of furan rings is 1. The van der Waals surface area contributed by atoms with E-state index in [1.807, 2.05) is 20.8 Å². The van der Waals surface area contributed by atoms with Crippen molar-refractivity contribution in [2.75, 3.05) is 23.3 Å². The summed E-state index contributed by atoms with van der Waals surface area (Å²) in [6, 6.07) is 7.00. The summed E-state index contributed by atoms with van der Waals surface area (Å²) in [5.74, 6) is 2.18. The average Bonchev–Trinajstić information content (AvgIpc) is 3.01. The number of anilines is 2. The molecule has 1 saturated heterocycles. The minimum atomic E-state index is -0.148. The number of nitrogens with one attached hydrogen (secondary N) is 1. The number of nitrogens with zero attached hydrogens (tertiary/aromatic N) is 3. The summed E-state index contributed by atoms with van der Waals surface area (Å²) in [6.45, 7) is 8.76. The lowest BCUT2D eigenvalue weighted by molar-refractivity contribution is -0.120. The van der Waals surface area contributed by atoms with Gasteiger partial charge in [0.25, 0.3) is 0 Å². The Labute approximate surface area is 175 Å². The first-order valence-electron chi connectivity index (χ1n) is 10.2. The quantitative estimate of drug-likeness (QED) is 0.653. The topological polar surface area (TPSA) is 88.3 Å². The SMILES string of the molecule is CC(=O)c1ccc(NC(=O)[C@@H]2CCCN(c3nc(C)nc4oc(C)c(C)c34)C2)cc1. The summed E-state index contributed by atoms with van der Waals surface area (Å²) in [4.78, 5) is 35.6. The van der Waals surface area contributed by atoms with Crippen LogP contribution in [0.3, 0.4) is 0 Å². The van der Waals surface area contributed by atoms with Crippen LogP contribution in [0.1, 0.15) is 47.3 Å². The van der Waals surface area contributed by atoms with Crippen LogP contribution in [0.5, 0.6) is 0 Å². The Kier molecular flexibility index (Phi) is 5.28. The van der Waals surface area contributed by atoms with Crippen molar-refractivity contribution in [1.82, 2.24) is 9.97 Å². The van der Waals surface area contributed by atoms with Crippen molar-refractivity contribution in [3.05, 3.63) is 47.0 Å². The summed E-state index contributed by atoms with van der Waals surface area (Å²) in [5.41, 5.74) is 2.97. The molecule has 1 N–H and O–H groups in total. The number of hydrogen-bond acceptors (Lipinski definition) is 6. The highest BCUT2D eigenvalue weighted by Gasteiger charge is 2.29. The molecule has 0 unspecified atom stereocenters. The molecule has 3 heterocycles. The van der Waals surface area contributed by atoms with Crippen LogP contribution in [0.25, 0.3) is 11.1 Å². The molecular weight excluding hydrogens is 380 g/mol. The zero-order valence-corrected chi connectivity index (χ0v) is 17.8. The van der Waals surface area contributed by atoms with E-state index in [-0.39, 0.29) is 17.6 Å². The van der Waals surface area contributed by atoms with Gasteiger partial charge in [-0.3, -0.25) is 9.59 Å². The Balaban J connectivity index is 1.54. The second kappa shape index (κ2) is 7.89. The molecule has 0 bridgehead atoms. The summed E-state index contributed by atoms with van der Waals surface area (Å²) >= 11 is 0. The molecule has 156 valence electrons. The van der Waals surface area contributed by atoms with Crippen molar-refractivity contribution in [2.45, 2.75) is 40.5 Å². The van der Waals surface area contributed by atoms with Crippen molar-refractivity contribution in [2.24, 2.45) is 5.92 Å². The molecule has 1 fully saturated rings. The van der Waals surface area contributed by atoms with E-state index in [0.29, 0.717) is 29.3 Å². The monoisotopic (exact) mass is 406 g/mol. The maximum atomic E-state index is 12.9. The number of carbonyl (C=O) groups excluding carboxylic acids is 2. The van der Waals surface area contributed by atoms with Gasteiger partial charge in [0.15, 0.2) is 5.78 Å². The molecule has 1 aliphatic heterocycles. The Hall–Kier alpha value is -3.22. The molecule has 0 spiro atoms. The van der Waals surface area contributed by atoms with E-state index >= 15 is 0 Å². The number of Topliss-reactive ketones (excluding diaryl/α,β-unsaturated/α-hetero) is 1. The van der Waals surface area contributed by atoms with Crippen molar-refractivity contribution < 1.29 is 14.0 Å². The van der Waals surface area contributed by atoms with Crippen LogP contribution in [-0.4, -0.2) is 34.7 Å². The number of rotatable bonds is 4. The smallest absolute Gasteiger partial charge is 0.231 e. The molecule has 3 aromatic rings. The van der Waals surface area contributed by atoms with Gasteiger partial charge in [-0.2, -0.15) is 4.98 Å². The van der Waals surface area contributed by atoms with Crippen LogP contribution in [-0.2, 0) is 4.79 Å². The van der Waals surface area contributed by atoms with E-state index in [1.165, 1.54) is 6.92 Å². The number of aryl methyl sites for hydroxylation is 3. The predicted molar refractivity (Wildman–Crippen MR) is 116 cm³/mol. The Morgan fingerprint density at radius 3 is 2.57 bits per heavy atom. The highest BCUT2D eigenvalue weighted by molar-refractivity contribution is 5.96. The lowest BCUT2D eigenvalue weighted by atomic mass is 9.96. The fraction of sp³-hybridized carbons (Fsp3) is 0.391. The van der Waals surface area contributed by atoms with Crippen LogP contribution in [0.2, 0.25) is 0 Å². The van der Waals surface area contributed by atoms with Gasteiger partial charge in [-0.15, -0.1) is 0 Å². The first-order valence-corrected chi connectivity index (χ1v) is 10.2. The summed E-state index contributed by atoms with van der Waals surface area (Å²) in [7, 11) is 0. The normalized spacial score (nSPS) is 16.7. The van der Waals surface area contributed by atoms with E-state index in [9.17, 15) is 9.59 Å². The molecule has 7 nitrogen and oxygen atoms in total. The Bertz CT molecular complexity index is 1120. The molecule has 30 heavy (non-hydrogen) atoms. The minimum absolute atomic E-state index is 0.00651. The molecule has 2 aromatic heterocycles. The average molecular weight is 406 g/mol. The van der Waals surface area contributed by atoms with Crippen molar-refractivity contribution in [3.8, 4) is 0 Å². The maximum Gasteiger partial charge on any atom is 0.231 e. The lowest BCUT2D eigenvalue weighted by Gasteiger charge is -2.33. The summed E-state index contributed by atoms with van der Waals surface area (Å²) < 4.78 is 5.81. The molecule has 0 saturated carbocycles. The molecule has 0 aliphatic carbocycles. The van der Waals surface area contributed by atoms with E-state index in [1.54, 1.807) is 24.3 Å². The van der Waals surface area contributed by atoms with Gasteiger partial charge in [-0.1, -0.05) is 0 Å². The minimum Gasteiger partial charge on any atom is -0.443 e. The zero-order valence-electron chi connectivity index (χ0n) is 17.8. The van der Waals surface area contributed by atoms with Gasteiger partial charge in [0, 0.05) is 29.9 Å². The van der Waals surface area contributed by atoms with Gasteiger partial charge >= 0.3 is 0 Å².